The number of hydrogen-bond donors (Lipinski definition) is 2. The number of thiol groups is 1. The third-order valence-corrected chi connectivity index (χ3v) is 7.39. The standard InChI is InChI=1S/C27H29N5O9S/c1-17(24-12-23(42)14-30(24)27(35)41-16-19-4-8-22(9-5-19)32(38)39)25(33)29-11-10-20(13-29)28-26(34)40-15-18-2-6-21(7-3-18)31(36)37/h2-9,20,23-24,42H,1,10-16H2,(H,28,34)/t20-,23-,24+/m0/s1. The number of nitrogens with one attached hydrogen (secondary N) is 1. The maximum absolute atomic E-state index is 13.3. The van der Waals surface area contributed by atoms with Crippen molar-refractivity contribution in [3.63, 3.8) is 0 Å². The van der Waals surface area contributed by atoms with Crippen LogP contribution in [0, 0.1) is 20.2 Å². The molecule has 0 spiro atoms. The van der Waals surface area contributed by atoms with Crippen molar-refractivity contribution >= 4 is 42.1 Å². The fourth-order valence-electron chi connectivity index (χ4n) is 4.77. The summed E-state index contributed by atoms with van der Waals surface area (Å²) >= 11 is 4.49. The maximum Gasteiger partial charge on any atom is 0.410 e. The Hall–Kier alpha value is -4.66. The van der Waals surface area contributed by atoms with Crippen molar-refractivity contribution in [2.75, 3.05) is 19.6 Å². The van der Waals surface area contributed by atoms with Gasteiger partial charge in [-0.25, -0.2) is 9.59 Å². The molecule has 2 saturated heterocycles. The first-order valence-corrected chi connectivity index (χ1v) is 13.5. The van der Waals surface area contributed by atoms with Crippen LogP contribution in [0.15, 0.2) is 60.7 Å². The van der Waals surface area contributed by atoms with E-state index in [2.05, 4.69) is 24.5 Å². The van der Waals surface area contributed by atoms with Crippen LogP contribution in [-0.4, -0.2) is 74.7 Å². The second kappa shape index (κ2) is 13.3. The molecular weight excluding hydrogens is 570 g/mol. The summed E-state index contributed by atoms with van der Waals surface area (Å²) in [5.41, 5.74) is 1.23. The Morgan fingerprint density at radius 1 is 0.929 bits per heavy atom. The van der Waals surface area contributed by atoms with Gasteiger partial charge in [0, 0.05) is 54.7 Å². The zero-order valence-corrected chi connectivity index (χ0v) is 23.3. The molecule has 2 heterocycles. The van der Waals surface area contributed by atoms with Gasteiger partial charge in [-0.05, 0) is 48.2 Å². The van der Waals surface area contributed by atoms with Crippen LogP contribution in [-0.2, 0) is 27.5 Å². The van der Waals surface area contributed by atoms with Crippen LogP contribution < -0.4 is 5.32 Å². The van der Waals surface area contributed by atoms with Crippen LogP contribution in [0.2, 0.25) is 0 Å². The highest BCUT2D eigenvalue weighted by molar-refractivity contribution is 7.81. The summed E-state index contributed by atoms with van der Waals surface area (Å²) in [5.74, 6) is -0.348. The number of likely N-dealkylation sites (tertiary alicyclic amines) is 2. The molecule has 3 atom stereocenters. The number of hydrogen-bond acceptors (Lipinski definition) is 10. The Balaban J connectivity index is 1.25. The van der Waals surface area contributed by atoms with E-state index < -0.39 is 28.1 Å². The Morgan fingerprint density at radius 2 is 1.48 bits per heavy atom. The van der Waals surface area contributed by atoms with E-state index in [1.54, 1.807) is 4.90 Å². The summed E-state index contributed by atoms with van der Waals surface area (Å²) in [4.78, 5) is 61.9. The first kappa shape index (κ1) is 30.3. The fourth-order valence-corrected chi connectivity index (χ4v) is 5.14. The molecule has 0 saturated carbocycles. The summed E-state index contributed by atoms with van der Waals surface area (Å²) in [6.07, 6.45) is -0.431. The van der Waals surface area contributed by atoms with Crippen LogP contribution in [0.5, 0.6) is 0 Å². The lowest BCUT2D eigenvalue weighted by Crippen LogP contribution is -2.43. The van der Waals surface area contributed by atoms with Gasteiger partial charge in [0.15, 0.2) is 0 Å². The molecule has 42 heavy (non-hydrogen) atoms. The predicted molar refractivity (Wildman–Crippen MR) is 152 cm³/mol. The lowest BCUT2D eigenvalue weighted by Gasteiger charge is -2.27. The van der Waals surface area contributed by atoms with Crippen LogP contribution in [0.1, 0.15) is 24.0 Å². The number of nitro benzene ring substituents is 2. The summed E-state index contributed by atoms with van der Waals surface area (Å²) in [6, 6.07) is 10.3. The van der Waals surface area contributed by atoms with E-state index >= 15 is 0 Å². The van der Waals surface area contributed by atoms with Crippen LogP contribution in [0.25, 0.3) is 0 Å². The number of alkyl carbamates (subject to hydrolysis) is 1. The molecule has 2 aliphatic heterocycles. The minimum absolute atomic E-state index is 0.0646. The quantitative estimate of drug-likeness (QED) is 0.189. The molecule has 222 valence electrons. The molecular formula is C27H29N5O9S. The highest BCUT2D eigenvalue weighted by Crippen LogP contribution is 2.29. The van der Waals surface area contributed by atoms with E-state index in [-0.39, 0.29) is 60.5 Å². The number of non-ortho nitro benzene ring substituents is 2. The van der Waals surface area contributed by atoms with Crippen LogP contribution in [0.4, 0.5) is 21.0 Å². The monoisotopic (exact) mass is 599 g/mol. The molecule has 2 aromatic rings. The Kier molecular flexibility index (Phi) is 9.62. The van der Waals surface area contributed by atoms with Gasteiger partial charge in [0.05, 0.1) is 21.9 Å². The predicted octanol–water partition coefficient (Wildman–Crippen LogP) is 3.60. The minimum Gasteiger partial charge on any atom is -0.445 e. The first-order valence-electron chi connectivity index (χ1n) is 13.0. The molecule has 4 rings (SSSR count). The highest BCUT2D eigenvalue weighted by Gasteiger charge is 2.40. The third-order valence-electron chi connectivity index (χ3n) is 7.01. The number of nitrogens with zero attached hydrogens (tertiary/aromatic N) is 4. The van der Waals surface area contributed by atoms with E-state index in [1.165, 1.54) is 53.4 Å². The Morgan fingerprint density at radius 3 is 2.02 bits per heavy atom. The molecule has 0 aliphatic carbocycles. The number of rotatable bonds is 9. The van der Waals surface area contributed by atoms with Gasteiger partial charge in [-0.3, -0.25) is 29.9 Å². The van der Waals surface area contributed by atoms with Crippen LogP contribution >= 0.6 is 12.6 Å². The number of ether oxygens (including phenoxy) is 2. The topological polar surface area (TPSA) is 174 Å². The highest BCUT2D eigenvalue weighted by atomic mass is 32.1. The minimum atomic E-state index is -0.679. The van der Waals surface area contributed by atoms with Crippen molar-refractivity contribution < 1.29 is 33.7 Å². The van der Waals surface area contributed by atoms with E-state index in [4.69, 9.17) is 9.47 Å². The molecule has 1 N–H and O–H groups in total. The second-order valence-corrected chi connectivity index (χ2v) is 10.7. The number of amides is 3. The number of carbonyl (C=O) groups is 3. The lowest BCUT2D eigenvalue weighted by molar-refractivity contribution is -0.385. The summed E-state index contributed by atoms with van der Waals surface area (Å²) in [6.45, 7) is 4.65. The molecule has 2 aliphatic rings. The molecule has 0 unspecified atom stereocenters. The van der Waals surface area contributed by atoms with Crippen molar-refractivity contribution in [3.8, 4) is 0 Å². The van der Waals surface area contributed by atoms with Gasteiger partial charge in [-0.1, -0.05) is 6.58 Å². The van der Waals surface area contributed by atoms with Crippen molar-refractivity contribution in [2.24, 2.45) is 0 Å². The molecule has 3 amide bonds. The van der Waals surface area contributed by atoms with E-state index in [1.807, 2.05) is 0 Å². The molecule has 0 aromatic heterocycles. The van der Waals surface area contributed by atoms with Crippen molar-refractivity contribution in [3.05, 3.63) is 92.0 Å². The van der Waals surface area contributed by atoms with Crippen LogP contribution in [0.3, 0.4) is 0 Å². The van der Waals surface area contributed by atoms with Gasteiger partial charge in [0.1, 0.15) is 13.2 Å². The SMILES string of the molecule is C=C(C(=O)N1CC[C@H](NC(=O)OCc2ccc([N+](=O)[O-])cc2)C1)[C@H]1C[C@H](S)CN1C(=O)OCc1ccc([N+](=O)[O-])cc1. The van der Waals surface area contributed by atoms with Gasteiger partial charge in [0.2, 0.25) is 0 Å². The van der Waals surface area contributed by atoms with Crippen molar-refractivity contribution in [1.82, 2.24) is 15.1 Å². The Labute approximate surface area is 246 Å². The van der Waals surface area contributed by atoms with Crippen molar-refractivity contribution in [2.45, 2.75) is 43.4 Å². The molecule has 2 fully saturated rings. The van der Waals surface area contributed by atoms with E-state index in [0.717, 1.165) is 0 Å². The summed E-state index contributed by atoms with van der Waals surface area (Å²) in [5, 5.41) is 24.1. The molecule has 0 bridgehead atoms. The molecule has 15 heteroatoms. The average Bonchev–Trinajstić information content (AvgIpc) is 3.61. The van der Waals surface area contributed by atoms with Gasteiger partial charge in [-0.2, -0.15) is 12.6 Å². The number of carbonyl (C=O) groups excluding carboxylic acids is 3. The second-order valence-electron chi connectivity index (χ2n) is 9.94. The average molecular weight is 600 g/mol. The van der Waals surface area contributed by atoms with Crippen molar-refractivity contribution in [1.29, 1.82) is 0 Å². The zero-order valence-electron chi connectivity index (χ0n) is 22.4. The number of benzene rings is 2. The first-order chi connectivity index (χ1) is 20.0. The third kappa shape index (κ3) is 7.54. The van der Waals surface area contributed by atoms with E-state index in [0.29, 0.717) is 30.5 Å². The van der Waals surface area contributed by atoms with Gasteiger partial charge in [0.25, 0.3) is 17.3 Å². The maximum atomic E-state index is 13.3. The van der Waals surface area contributed by atoms with E-state index in [9.17, 15) is 34.6 Å². The van der Waals surface area contributed by atoms with Gasteiger partial charge in [-0.15, -0.1) is 0 Å². The summed E-state index contributed by atoms with van der Waals surface area (Å²) in [7, 11) is 0. The Bertz CT molecular complexity index is 1370. The largest absolute Gasteiger partial charge is 0.445 e. The van der Waals surface area contributed by atoms with Gasteiger partial charge < -0.3 is 19.7 Å². The summed E-state index contributed by atoms with van der Waals surface area (Å²) < 4.78 is 10.6. The smallest absolute Gasteiger partial charge is 0.410 e. The fraction of sp³-hybridized carbons (Fsp3) is 0.370. The normalized spacial score (nSPS) is 19.7. The van der Waals surface area contributed by atoms with Gasteiger partial charge >= 0.3 is 12.2 Å². The molecule has 2 aromatic carbocycles. The molecule has 14 nitrogen and oxygen atoms in total. The number of nitro groups is 2. The molecule has 0 radical (unpaired) electrons. The zero-order chi connectivity index (χ0) is 30.4. The lowest BCUT2D eigenvalue weighted by atomic mass is 10.1.